The molecule has 2 rings (SSSR count). The molecule has 0 amide bonds. The molecule has 0 aromatic carbocycles. The Morgan fingerprint density at radius 1 is 1.45 bits per heavy atom. The highest BCUT2D eigenvalue weighted by Gasteiger charge is 2.25. The van der Waals surface area contributed by atoms with Crippen LogP contribution in [0, 0.1) is 0 Å². The highest BCUT2D eigenvalue weighted by Crippen LogP contribution is 2.18. The molecule has 1 N–H and O–H groups in total. The SMILES string of the molecule is C1=NNC(C2CCCCO2)C1. The highest BCUT2D eigenvalue weighted by atomic mass is 16.5. The molecule has 0 aromatic rings. The Morgan fingerprint density at radius 3 is 3.09 bits per heavy atom. The Bertz CT molecular complexity index is 144. The van der Waals surface area contributed by atoms with Crippen LogP contribution < -0.4 is 5.43 Å². The fourth-order valence-electron chi connectivity index (χ4n) is 1.69. The van der Waals surface area contributed by atoms with E-state index in [1.165, 1.54) is 19.3 Å². The van der Waals surface area contributed by atoms with Gasteiger partial charge in [-0.1, -0.05) is 0 Å². The molecule has 0 aliphatic carbocycles. The van der Waals surface area contributed by atoms with E-state index >= 15 is 0 Å². The third kappa shape index (κ3) is 1.53. The van der Waals surface area contributed by atoms with E-state index in [1.807, 2.05) is 6.21 Å². The molecule has 0 radical (unpaired) electrons. The van der Waals surface area contributed by atoms with Gasteiger partial charge in [0.05, 0.1) is 12.1 Å². The number of hydrogen-bond acceptors (Lipinski definition) is 3. The van der Waals surface area contributed by atoms with Gasteiger partial charge >= 0.3 is 0 Å². The van der Waals surface area contributed by atoms with Crippen molar-refractivity contribution in [1.29, 1.82) is 0 Å². The fraction of sp³-hybridized carbons (Fsp3) is 0.875. The maximum absolute atomic E-state index is 5.62. The summed E-state index contributed by atoms with van der Waals surface area (Å²) in [6, 6.07) is 0.454. The average molecular weight is 154 g/mol. The lowest BCUT2D eigenvalue weighted by molar-refractivity contribution is -0.00374. The summed E-state index contributed by atoms with van der Waals surface area (Å²) in [6.45, 7) is 0.933. The Labute approximate surface area is 66.8 Å². The zero-order chi connectivity index (χ0) is 7.52. The van der Waals surface area contributed by atoms with E-state index in [2.05, 4.69) is 10.5 Å². The first-order valence-electron chi connectivity index (χ1n) is 4.35. The van der Waals surface area contributed by atoms with E-state index < -0.39 is 0 Å². The molecular weight excluding hydrogens is 140 g/mol. The number of hydrogen-bond donors (Lipinski definition) is 1. The van der Waals surface area contributed by atoms with Gasteiger partial charge in [0.15, 0.2) is 0 Å². The Kier molecular flexibility index (Phi) is 2.08. The third-order valence-electron chi connectivity index (χ3n) is 2.35. The van der Waals surface area contributed by atoms with E-state index in [0.29, 0.717) is 12.1 Å². The van der Waals surface area contributed by atoms with Gasteiger partial charge in [-0.15, -0.1) is 0 Å². The second kappa shape index (κ2) is 3.22. The van der Waals surface area contributed by atoms with Crippen LogP contribution in [0.4, 0.5) is 0 Å². The summed E-state index contributed by atoms with van der Waals surface area (Å²) in [5, 5.41) is 3.98. The molecule has 2 aliphatic rings. The van der Waals surface area contributed by atoms with Crippen molar-refractivity contribution in [2.75, 3.05) is 6.61 Å². The second-order valence-electron chi connectivity index (χ2n) is 3.19. The molecular formula is C8H14N2O. The third-order valence-corrected chi connectivity index (χ3v) is 2.35. The number of rotatable bonds is 1. The van der Waals surface area contributed by atoms with Crippen molar-refractivity contribution in [3.63, 3.8) is 0 Å². The summed E-state index contributed by atoms with van der Waals surface area (Å²) in [5.41, 5.74) is 3.07. The Morgan fingerprint density at radius 2 is 2.45 bits per heavy atom. The first-order chi connectivity index (χ1) is 5.47. The molecule has 0 aromatic heterocycles. The van der Waals surface area contributed by atoms with Crippen LogP contribution in [-0.4, -0.2) is 25.0 Å². The van der Waals surface area contributed by atoms with Gasteiger partial charge in [0.2, 0.25) is 0 Å². The predicted molar refractivity (Wildman–Crippen MR) is 43.6 cm³/mol. The lowest BCUT2D eigenvalue weighted by atomic mass is 10.0. The van der Waals surface area contributed by atoms with Crippen LogP contribution in [0.15, 0.2) is 5.10 Å². The maximum Gasteiger partial charge on any atom is 0.0796 e. The van der Waals surface area contributed by atoms with E-state index in [4.69, 9.17) is 4.74 Å². The molecule has 62 valence electrons. The van der Waals surface area contributed by atoms with Gasteiger partial charge < -0.3 is 10.2 Å². The molecule has 0 spiro atoms. The van der Waals surface area contributed by atoms with Gasteiger partial charge in [0.25, 0.3) is 0 Å². The summed E-state index contributed by atoms with van der Waals surface area (Å²) >= 11 is 0. The first kappa shape index (κ1) is 7.10. The normalized spacial score (nSPS) is 37.1. The van der Waals surface area contributed by atoms with Crippen LogP contribution in [0.1, 0.15) is 25.7 Å². The van der Waals surface area contributed by atoms with Gasteiger partial charge in [-0.05, 0) is 19.3 Å². The van der Waals surface area contributed by atoms with Crippen molar-refractivity contribution in [3.8, 4) is 0 Å². The van der Waals surface area contributed by atoms with Crippen molar-refractivity contribution in [2.24, 2.45) is 5.10 Å². The van der Waals surface area contributed by atoms with Crippen molar-refractivity contribution < 1.29 is 4.74 Å². The van der Waals surface area contributed by atoms with Crippen LogP contribution in [0.25, 0.3) is 0 Å². The summed E-state index contributed by atoms with van der Waals surface area (Å²) < 4.78 is 5.62. The van der Waals surface area contributed by atoms with E-state index in [9.17, 15) is 0 Å². The monoisotopic (exact) mass is 154 g/mol. The average Bonchev–Trinajstić information content (AvgIpc) is 2.58. The Balaban J connectivity index is 1.83. The number of nitrogens with zero attached hydrogens (tertiary/aromatic N) is 1. The van der Waals surface area contributed by atoms with Crippen molar-refractivity contribution in [1.82, 2.24) is 5.43 Å². The summed E-state index contributed by atoms with van der Waals surface area (Å²) in [5.74, 6) is 0. The lowest BCUT2D eigenvalue weighted by Crippen LogP contribution is -2.38. The van der Waals surface area contributed by atoms with Crippen LogP contribution in [-0.2, 0) is 4.74 Å². The van der Waals surface area contributed by atoms with Crippen molar-refractivity contribution in [3.05, 3.63) is 0 Å². The summed E-state index contributed by atoms with van der Waals surface area (Å²) in [4.78, 5) is 0. The van der Waals surface area contributed by atoms with Gasteiger partial charge in [-0.3, -0.25) is 0 Å². The molecule has 2 atom stereocenters. The molecule has 3 heteroatoms. The van der Waals surface area contributed by atoms with Crippen molar-refractivity contribution >= 4 is 6.21 Å². The summed E-state index contributed by atoms with van der Waals surface area (Å²) in [6.07, 6.45) is 7.10. The number of hydrazone groups is 1. The lowest BCUT2D eigenvalue weighted by Gasteiger charge is -2.27. The summed E-state index contributed by atoms with van der Waals surface area (Å²) in [7, 11) is 0. The van der Waals surface area contributed by atoms with E-state index in [0.717, 1.165) is 13.0 Å². The Hall–Kier alpha value is -0.570. The number of ether oxygens (including phenoxy) is 1. The molecule has 3 nitrogen and oxygen atoms in total. The fourth-order valence-corrected chi connectivity index (χ4v) is 1.69. The van der Waals surface area contributed by atoms with Crippen molar-refractivity contribution in [2.45, 2.75) is 37.8 Å². The maximum atomic E-state index is 5.62. The highest BCUT2D eigenvalue weighted by molar-refractivity contribution is 5.59. The minimum absolute atomic E-state index is 0.409. The van der Waals surface area contributed by atoms with Crippen LogP contribution >= 0.6 is 0 Å². The van der Waals surface area contributed by atoms with Crippen LogP contribution in [0.5, 0.6) is 0 Å². The van der Waals surface area contributed by atoms with Gasteiger partial charge in [-0.2, -0.15) is 5.10 Å². The second-order valence-corrected chi connectivity index (χ2v) is 3.19. The molecule has 1 saturated heterocycles. The predicted octanol–water partition coefficient (Wildman–Crippen LogP) is 0.903. The topological polar surface area (TPSA) is 33.6 Å². The van der Waals surface area contributed by atoms with E-state index in [-0.39, 0.29) is 0 Å². The minimum Gasteiger partial charge on any atom is -0.376 e. The zero-order valence-corrected chi connectivity index (χ0v) is 6.62. The van der Waals surface area contributed by atoms with E-state index in [1.54, 1.807) is 0 Å². The molecule has 0 saturated carbocycles. The largest absolute Gasteiger partial charge is 0.376 e. The standard InChI is InChI=1S/C8H14N2O/c1-2-6-11-8(3-1)7-4-5-9-10-7/h5,7-8,10H,1-4,6H2. The van der Waals surface area contributed by atoms with Gasteiger partial charge in [0, 0.05) is 19.2 Å². The van der Waals surface area contributed by atoms with Crippen LogP contribution in [0.2, 0.25) is 0 Å². The minimum atomic E-state index is 0.409. The molecule has 0 bridgehead atoms. The number of nitrogens with one attached hydrogen (secondary N) is 1. The first-order valence-corrected chi connectivity index (χ1v) is 4.35. The van der Waals surface area contributed by atoms with Gasteiger partial charge in [-0.25, -0.2) is 0 Å². The smallest absolute Gasteiger partial charge is 0.0796 e. The molecule has 2 aliphatic heterocycles. The zero-order valence-electron chi connectivity index (χ0n) is 6.62. The molecule has 1 fully saturated rings. The quantitative estimate of drug-likeness (QED) is 0.609. The molecule has 2 heterocycles. The van der Waals surface area contributed by atoms with Crippen LogP contribution in [0.3, 0.4) is 0 Å². The van der Waals surface area contributed by atoms with Gasteiger partial charge in [0.1, 0.15) is 0 Å². The molecule has 2 unspecified atom stereocenters. The molecule has 11 heavy (non-hydrogen) atoms.